The summed E-state index contributed by atoms with van der Waals surface area (Å²) in [4.78, 5) is 27.3. The maximum absolute atomic E-state index is 13.3. The number of amides is 1. The quantitative estimate of drug-likeness (QED) is 0.845. The lowest BCUT2D eigenvalue weighted by molar-refractivity contribution is -0.121. The number of carbonyl (C=O) groups excluding carboxylic acids is 2. The Bertz CT molecular complexity index is 780. The summed E-state index contributed by atoms with van der Waals surface area (Å²) in [5, 5.41) is 0. The third-order valence-corrected chi connectivity index (χ3v) is 4.73. The highest BCUT2D eigenvalue weighted by atomic mass is 16.5. The van der Waals surface area contributed by atoms with Gasteiger partial charge in [-0.25, -0.2) is 0 Å². The molecular weight excluding hydrogens is 314 g/mol. The molecule has 1 unspecified atom stereocenters. The lowest BCUT2D eigenvalue weighted by Gasteiger charge is -2.33. The molecule has 0 radical (unpaired) electrons. The van der Waals surface area contributed by atoms with Gasteiger partial charge in [-0.1, -0.05) is 38.1 Å². The molecule has 0 fully saturated rings. The fraction of sp³-hybridized carbons (Fsp3) is 0.333. The van der Waals surface area contributed by atoms with Gasteiger partial charge in [0.1, 0.15) is 5.75 Å². The second-order valence-corrected chi connectivity index (χ2v) is 6.68. The zero-order chi connectivity index (χ0) is 18.0. The molecule has 1 aliphatic heterocycles. The van der Waals surface area contributed by atoms with Crippen LogP contribution in [-0.4, -0.2) is 25.3 Å². The maximum Gasteiger partial charge on any atom is 0.234 e. The van der Waals surface area contributed by atoms with E-state index >= 15 is 0 Å². The summed E-state index contributed by atoms with van der Waals surface area (Å²) >= 11 is 0. The number of carbonyl (C=O) groups is 2. The minimum atomic E-state index is -0.257. The van der Waals surface area contributed by atoms with Crippen molar-refractivity contribution in [3.05, 3.63) is 59.7 Å². The van der Waals surface area contributed by atoms with Gasteiger partial charge in [-0.05, 0) is 35.7 Å². The van der Waals surface area contributed by atoms with Crippen LogP contribution in [-0.2, 0) is 4.79 Å². The molecular formula is C21H23NO3. The van der Waals surface area contributed by atoms with Crippen molar-refractivity contribution < 1.29 is 14.3 Å². The van der Waals surface area contributed by atoms with Gasteiger partial charge in [0.05, 0.1) is 18.7 Å². The van der Waals surface area contributed by atoms with Crippen LogP contribution >= 0.6 is 0 Å². The first-order valence-corrected chi connectivity index (χ1v) is 8.60. The third-order valence-electron chi connectivity index (χ3n) is 4.73. The van der Waals surface area contributed by atoms with Gasteiger partial charge in [0.2, 0.25) is 5.91 Å². The Kier molecular flexibility index (Phi) is 4.88. The second kappa shape index (κ2) is 7.09. The van der Waals surface area contributed by atoms with Crippen molar-refractivity contribution in [3.63, 3.8) is 0 Å². The van der Waals surface area contributed by atoms with Crippen LogP contribution in [0.1, 0.15) is 42.1 Å². The fourth-order valence-electron chi connectivity index (χ4n) is 3.43. The topological polar surface area (TPSA) is 46.6 Å². The third kappa shape index (κ3) is 3.29. The molecule has 0 aromatic heterocycles. The van der Waals surface area contributed by atoms with E-state index in [0.29, 0.717) is 18.5 Å². The first-order chi connectivity index (χ1) is 12.0. The molecule has 1 aliphatic rings. The lowest BCUT2D eigenvalue weighted by Crippen LogP contribution is -2.41. The van der Waals surface area contributed by atoms with Gasteiger partial charge in [-0.2, -0.15) is 0 Å². The van der Waals surface area contributed by atoms with Gasteiger partial charge >= 0.3 is 0 Å². The van der Waals surface area contributed by atoms with Crippen LogP contribution in [0.5, 0.6) is 5.75 Å². The highest BCUT2D eigenvalue weighted by Crippen LogP contribution is 2.33. The molecule has 0 spiro atoms. The zero-order valence-corrected chi connectivity index (χ0v) is 14.9. The molecule has 0 bridgehead atoms. The largest absolute Gasteiger partial charge is 0.497 e. The van der Waals surface area contributed by atoms with E-state index in [4.69, 9.17) is 4.74 Å². The molecule has 1 atom stereocenters. The van der Waals surface area contributed by atoms with E-state index in [-0.39, 0.29) is 23.5 Å². The van der Waals surface area contributed by atoms with E-state index in [9.17, 15) is 9.59 Å². The van der Waals surface area contributed by atoms with Crippen molar-refractivity contribution in [1.82, 2.24) is 0 Å². The molecule has 130 valence electrons. The molecule has 1 heterocycles. The Morgan fingerprint density at radius 3 is 2.40 bits per heavy atom. The summed E-state index contributed by atoms with van der Waals surface area (Å²) in [6.45, 7) is 4.54. The smallest absolute Gasteiger partial charge is 0.234 e. The van der Waals surface area contributed by atoms with Crippen molar-refractivity contribution >= 4 is 17.4 Å². The van der Waals surface area contributed by atoms with Crippen molar-refractivity contribution in [1.29, 1.82) is 0 Å². The number of Topliss-reactive ketones (excluding diaryl/α,β-unsaturated/α-hetero) is 1. The average Bonchev–Trinajstić information content (AvgIpc) is 2.62. The number of benzene rings is 2. The molecule has 25 heavy (non-hydrogen) atoms. The van der Waals surface area contributed by atoms with Gasteiger partial charge in [0.25, 0.3) is 0 Å². The minimum absolute atomic E-state index is 0.0418. The summed E-state index contributed by atoms with van der Waals surface area (Å²) in [5.74, 6) is 0.802. The van der Waals surface area contributed by atoms with Crippen LogP contribution in [0.3, 0.4) is 0 Å². The Labute approximate surface area is 148 Å². The van der Waals surface area contributed by atoms with Crippen molar-refractivity contribution in [3.8, 4) is 5.75 Å². The number of anilines is 1. The van der Waals surface area contributed by atoms with E-state index in [2.05, 4.69) is 0 Å². The molecule has 4 heteroatoms. The number of fused-ring (bicyclic) bond motifs is 1. The second-order valence-electron chi connectivity index (χ2n) is 6.68. The lowest BCUT2D eigenvalue weighted by atomic mass is 9.86. The molecule has 0 saturated heterocycles. The molecule has 0 N–H and O–H groups in total. The Balaban J connectivity index is 1.96. The van der Waals surface area contributed by atoms with Gasteiger partial charge < -0.3 is 9.64 Å². The van der Waals surface area contributed by atoms with Gasteiger partial charge in [0.15, 0.2) is 5.78 Å². The monoisotopic (exact) mass is 337 g/mol. The number of ketones is 1. The Morgan fingerprint density at radius 2 is 1.76 bits per heavy atom. The van der Waals surface area contributed by atoms with Crippen LogP contribution in [0.25, 0.3) is 0 Å². The van der Waals surface area contributed by atoms with Crippen molar-refractivity contribution in [2.45, 2.75) is 26.2 Å². The highest BCUT2D eigenvalue weighted by Gasteiger charge is 2.33. The highest BCUT2D eigenvalue weighted by molar-refractivity contribution is 6.10. The Morgan fingerprint density at radius 1 is 1.08 bits per heavy atom. The predicted molar refractivity (Wildman–Crippen MR) is 98.3 cm³/mol. The number of rotatable bonds is 4. The van der Waals surface area contributed by atoms with Gasteiger partial charge in [-0.15, -0.1) is 0 Å². The summed E-state index contributed by atoms with van der Waals surface area (Å²) in [6, 6.07) is 15.0. The fourth-order valence-corrected chi connectivity index (χ4v) is 3.43. The van der Waals surface area contributed by atoms with Crippen LogP contribution in [0.15, 0.2) is 48.5 Å². The molecule has 0 aliphatic carbocycles. The molecule has 2 aromatic rings. The van der Waals surface area contributed by atoms with Crippen molar-refractivity contribution in [2.24, 2.45) is 5.92 Å². The molecule has 3 rings (SSSR count). The SMILES string of the molecule is COc1ccc(C(C(=O)N2CCC(=O)c3ccccc32)C(C)C)cc1. The number of para-hydroxylation sites is 1. The van der Waals surface area contributed by atoms with E-state index in [0.717, 1.165) is 17.0 Å². The van der Waals surface area contributed by atoms with E-state index in [1.807, 2.05) is 56.3 Å². The standard InChI is InChI=1S/C21H23NO3/c1-14(2)20(15-8-10-16(25-3)11-9-15)21(24)22-13-12-19(23)17-6-4-5-7-18(17)22/h4-11,14,20H,12-13H2,1-3H3. The average molecular weight is 337 g/mol. The zero-order valence-electron chi connectivity index (χ0n) is 14.9. The van der Waals surface area contributed by atoms with E-state index in [1.165, 1.54) is 0 Å². The Hall–Kier alpha value is -2.62. The summed E-state index contributed by atoms with van der Waals surface area (Å²) in [5.41, 5.74) is 2.33. The predicted octanol–water partition coefficient (Wildman–Crippen LogP) is 4.05. The molecule has 4 nitrogen and oxygen atoms in total. The maximum atomic E-state index is 13.3. The molecule has 1 amide bonds. The first kappa shape index (κ1) is 17.2. The number of methoxy groups -OCH3 is 1. The van der Waals surface area contributed by atoms with Gasteiger partial charge in [0, 0.05) is 18.5 Å². The number of nitrogens with zero attached hydrogens (tertiary/aromatic N) is 1. The normalized spacial score (nSPS) is 15.0. The summed E-state index contributed by atoms with van der Waals surface area (Å²) in [7, 11) is 1.63. The van der Waals surface area contributed by atoms with E-state index in [1.54, 1.807) is 18.1 Å². The van der Waals surface area contributed by atoms with Crippen molar-refractivity contribution in [2.75, 3.05) is 18.6 Å². The molecule has 0 saturated carbocycles. The van der Waals surface area contributed by atoms with Crippen LogP contribution in [0, 0.1) is 5.92 Å². The number of hydrogen-bond donors (Lipinski definition) is 0. The van der Waals surface area contributed by atoms with E-state index < -0.39 is 0 Å². The van der Waals surface area contributed by atoms with Gasteiger partial charge in [-0.3, -0.25) is 9.59 Å². The molecule has 2 aromatic carbocycles. The minimum Gasteiger partial charge on any atom is -0.497 e. The number of hydrogen-bond acceptors (Lipinski definition) is 3. The number of ether oxygens (including phenoxy) is 1. The first-order valence-electron chi connectivity index (χ1n) is 8.60. The van der Waals surface area contributed by atoms with Crippen LogP contribution in [0.2, 0.25) is 0 Å². The summed E-state index contributed by atoms with van der Waals surface area (Å²) < 4.78 is 5.21. The van der Waals surface area contributed by atoms with Crippen LogP contribution in [0.4, 0.5) is 5.69 Å². The summed E-state index contributed by atoms with van der Waals surface area (Å²) in [6.07, 6.45) is 0.371. The van der Waals surface area contributed by atoms with Crippen LogP contribution < -0.4 is 9.64 Å².